The normalized spacial score (nSPS) is 38.0. The molecule has 2 aliphatic rings. The Morgan fingerprint density at radius 1 is 1.24 bits per heavy atom. The third kappa shape index (κ3) is 3.24. The van der Waals surface area contributed by atoms with E-state index in [2.05, 4.69) is 0 Å². The summed E-state index contributed by atoms with van der Waals surface area (Å²) in [6.07, 6.45) is 0.613. The van der Waals surface area contributed by atoms with Crippen molar-refractivity contribution in [3.05, 3.63) is 11.6 Å². The van der Waals surface area contributed by atoms with E-state index in [1.54, 1.807) is 13.8 Å². The lowest BCUT2D eigenvalue weighted by Crippen LogP contribution is -2.53. The number of allylic oxidation sites excluding steroid dienone is 1. The van der Waals surface area contributed by atoms with Crippen LogP contribution in [-0.4, -0.2) is 40.6 Å². The summed E-state index contributed by atoms with van der Waals surface area (Å²) >= 11 is 0. The van der Waals surface area contributed by atoms with Crippen LogP contribution < -0.4 is 0 Å². The van der Waals surface area contributed by atoms with Gasteiger partial charge in [-0.25, -0.2) is 0 Å². The van der Waals surface area contributed by atoms with Gasteiger partial charge >= 0.3 is 11.9 Å². The Labute approximate surface area is 148 Å². The second kappa shape index (κ2) is 6.56. The number of aliphatic hydroxyl groups is 1. The van der Waals surface area contributed by atoms with Crippen LogP contribution in [0.25, 0.3) is 0 Å². The number of esters is 2. The topological polar surface area (TPSA) is 89.9 Å². The number of carbonyl (C=O) groups excluding carboxylic acids is 3. The van der Waals surface area contributed by atoms with E-state index in [1.165, 1.54) is 19.9 Å². The van der Waals surface area contributed by atoms with Gasteiger partial charge in [0.25, 0.3) is 0 Å². The molecule has 6 nitrogen and oxygen atoms in total. The molecule has 2 aliphatic carbocycles. The number of ketones is 1. The van der Waals surface area contributed by atoms with E-state index in [1.807, 2.05) is 13.8 Å². The third-order valence-electron chi connectivity index (χ3n) is 5.79. The number of hydrogen-bond acceptors (Lipinski definition) is 6. The van der Waals surface area contributed by atoms with Gasteiger partial charge in [0.05, 0.1) is 11.0 Å². The summed E-state index contributed by atoms with van der Waals surface area (Å²) in [4.78, 5) is 36.3. The standard InChI is InChI=1S/C19H28O6/c1-10(2)19(23)9-16(25-13(5)21)18(6)15(22)8-11(3)7-14(17(18)19)24-12(4)20/h8,10,14,16-17,23H,7,9H2,1-6H3/t14-,16+,17+,18-,19+/m0/s1. The highest BCUT2D eigenvalue weighted by molar-refractivity contribution is 5.97. The molecule has 0 unspecified atom stereocenters. The molecule has 6 heteroatoms. The number of ether oxygens (including phenoxy) is 2. The fourth-order valence-corrected chi connectivity index (χ4v) is 4.53. The predicted octanol–water partition coefficient (Wildman–Crippen LogP) is 2.18. The first-order valence-electron chi connectivity index (χ1n) is 8.71. The Hall–Kier alpha value is -1.69. The summed E-state index contributed by atoms with van der Waals surface area (Å²) in [7, 11) is 0. The van der Waals surface area contributed by atoms with Gasteiger partial charge in [0.2, 0.25) is 0 Å². The molecule has 1 saturated carbocycles. The van der Waals surface area contributed by atoms with Crippen LogP contribution in [0.15, 0.2) is 11.6 Å². The van der Waals surface area contributed by atoms with Crippen molar-refractivity contribution in [3.63, 3.8) is 0 Å². The second-order valence-corrected chi connectivity index (χ2v) is 7.92. The van der Waals surface area contributed by atoms with E-state index in [4.69, 9.17) is 9.47 Å². The first kappa shape index (κ1) is 19.6. The second-order valence-electron chi connectivity index (χ2n) is 7.92. The molecule has 0 saturated heterocycles. The number of fused-ring (bicyclic) bond motifs is 1. The zero-order valence-corrected chi connectivity index (χ0v) is 15.8. The van der Waals surface area contributed by atoms with E-state index in [9.17, 15) is 19.5 Å². The van der Waals surface area contributed by atoms with Crippen LogP contribution in [0.4, 0.5) is 0 Å². The van der Waals surface area contributed by atoms with Gasteiger partial charge in [-0.15, -0.1) is 0 Å². The van der Waals surface area contributed by atoms with Crippen molar-refractivity contribution in [2.45, 2.75) is 72.2 Å². The van der Waals surface area contributed by atoms with Gasteiger partial charge in [-0.2, -0.15) is 0 Å². The Morgan fingerprint density at radius 2 is 1.80 bits per heavy atom. The van der Waals surface area contributed by atoms with Crippen LogP contribution >= 0.6 is 0 Å². The van der Waals surface area contributed by atoms with Crippen molar-refractivity contribution in [1.82, 2.24) is 0 Å². The lowest BCUT2D eigenvalue weighted by Gasteiger charge is -2.42. The molecule has 1 N–H and O–H groups in total. The minimum absolute atomic E-state index is 0.141. The van der Waals surface area contributed by atoms with Crippen molar-refractivity contribution in [2.24, 2.45) is 17.3 Å². The van der Waals surface area contributed by atoms with Crippen molar-refractivity contribution in [1.29, 1.82) is 0 Å². The lowest BCUT2D eigenvalue weighted by atomic mass is 9.66. The monoisotopic (exact) mass is 352 g/mol. The van der Waals surface area contributed by atoms with Gasteiger partial charge in [0, 0.05) is 32.6 Å². The molecule has 0 aromatic rings. The van der Waals surface area contributed by atoms with Crippen molar-refractivity contribution in [2.75, 3.05) is 0 Å². The van der Waals surface area contributed by atoms with E-state index < -0.39 is 41.1 Å². The average Bonchev–Trinajstić information content (AvgIpc) is 2.60. The van der Waals surface area contributed by atoms with Crippen LogP contribution in [0, 0.1) is 17.3 Å². The van der Waals surface area contributed by atoms with E-state index in [0.717, 1.165) is 5.57 Å². The minimum Gasteiger partial charge on any atom is -0.462 e. The summed E-state index contributed by atoms with van der Waals surface area (Å²) in [5.41, 5.74) is -1.66. The van der Waals surface area contributed by atoms with Gasteiger partial charge in [0.15, 0.2) is 5.78 Å². The number of carbonyl (C=O) groups is 3. The molecule has 0 aliphatic heterocycles. The summed E-state index contributed by atoms with van der Waals surface area (Å²) in [5, 5.41) is 11.5. The van der Waals surface area contributed by atoms with Gasteiger partial charge in [-0.05, 0) is 25.8 Å². The molecule has 25 heavy (non-hydrogen) atoms. The molecule has 2 rings (SSSR count). The first-order chi connectivity index (χ1) is 11.4. The zero-order chi connectivity index (χ0) is 19.2. The maximum absolute atomic E-state index is 13.0. The van der Waals surface area contributed by atoms with E-state index in [-0.39, 0.29) is 18.1 Å². The molecular weight excluding hydrogens is 324 g/mol. The SMILES string of the molecule is CC(=O)O[C@H]1CC(C)=CC(=O)[C@]2(C)[C@@H]1[C@](O)(C(C)C)C[C@H]2OC(C)=O. The molecule has 0 radical (unpaired) electrons. The Kier molecular flexibility index (Phi) is 5.15. The van der Waals surface area contributed by atoms with Gasteiger partial charge < -0.3 is 14.6 Å². The summed E-state index contributed by atoms with van der Waals surface area (Å²) in [5.74, 6) is -2.03. The Bertz CT molecular complexity index is 621. The number of rotatable bonds is 3. The summed E-state index contributed by atoms with van der Waals surface area (Å²) in [6.45, 7) is 9.83. The molecule has 0 bridgehead atoms. The average molecular weight is 352 g/mol. The highest BCUT2D eigenvalue weighted by Gasteiger charge is 2.68. The molecule has 5 atom stereocenters. The van der Waals surface area contributed by atoms with Gasteiger partial charge in [-0.3, -0.25) is 14.4 Å². The highest BCUT2D eigenvalue weighted by atomic mass is 16.6. The van der Waals surface area contributed by atoms with Crippen LogP contribution in [0.5, 0.6) is 0 Å². The van der Waals surface area contributed by atoms with Crippen molar-refractivity contribution in [3.8, 4) is 0 Å². The quantitative estimate of drug-likeness (QED) is 0.783. The number of hydrogen-bond donors (Lipinski definition) is 1. The molecule has 1 fully saturated rings. The van der Waals surface area contributed by atoms with Crippen LogP contribution in [0.3, 0.4) is 0 Å². The largest absolute Gasteiger partial charge is 0.462 e. The van der Waals surface area contributed by atoms with Crippen molar-refractivity contribution >= 4 is 17.7 Å². The molecule has 0 aromatic carbocycles. The van der Waals surface area contributed by atoms with Crippen LogP contribution in [-0.2, 0) is 23.9 Å². The fraction of sp³-hybridized carbons (Fsp3) is 0.737. The third-order valence-corrected chi connectivity index (χ3v) is 5.79. The minimum atomic E-state index is -1.29. The molecule has 0 spiro atoms. The first-order valence-corrected chi connectivity index (χ1v) is 8.71. The van der Waals surface area contributed by atoms with E-state index in [0.29, 0.717) is 6.42 Å². The zero-order valence-electron chi connectivity index (χ0n) is 15.8. The fourth-order valence-electron chi connectivity index (χ4n) is 4.53. The summed E-state index contributed by atoms with van der Waals surface area (Å²) < 4.78 is 11.0. The predicted molar refractivity (Wildman–Crippen MR) is 90.5 cm³/mol. The summed E-state index contributed by atoms with van der Waals surface area (Å²) in [6, 6.07) is 0. The van der Waals surface area contributed by atoms with Crippen LogP contribution in [0.1, 0.15) is 54.4 Å². The van der Waals surface area contributed by atoms with Gasteiger partial charge in [0.1, 0.15) is 12.2 Å². The maximum Gasteiger partial charge on any atom is 0.302 e. The molecule has 140 valence electrons. The lowest BCUT2D eigenvalue weighted by molar-refractivity contribution is -0.170. The van der Waals surface area contributed by atoms with Crippen molar-refractivity contribution < 1.29 is 29.0 Å². The highest BCUT2D eigenvalue weighted by Crippen LogP contribution is 2.57. The maximum atomic E-state index is 13.0. The smallest absolute Gasteiger partial charge is 0.302 e. The van der Waals surface area contributed by atoms with Gasteiger partial charge in [-0.1, -0.05) is 19.4 Å². The van der Waals surface area contributed by atoms with Crippen LogP contribution in [0.2, 0.25) is 0 Å². The molecule has 0 heterocycles. The Balaban J connectivity index is 2.64. The molecule has 0 aromatic heterocycles. The Morgan fingerprint density at radius 3 is 2.28 bits per heavy atom. The molecule has 0 amide bonds. The molecular formula is C19H28O6. The van der Waals surface area contributed by atoms with E-state index >= 15 is 0 Å².